The number of hydrogen-bond donors (Lipinski definition) is 11. The van der Waals surface area contributed by atoms with Gasteiger partial charge in [0.15, 0.2) is 6.23 Å². The fraction of sp³-hybridized carbons (Fsp3) is 0.357. The molecule has 1 aliphatic heterocycles. The molecule has 0 spiro atoms. The fourth-order valence-corrected chi connectivity index (χ4v) is 3.00. The van der Waals surface area contributed by atoms with Gasteiger partial charge in [-0.05, 0) is 30.5 Å². The largest absolute Gasteiger partial charge is 0.466 e. The highest BCUT2D eigenvalue weighted by Crippen LogP contribution is 2.31. The number of pyridine rings is 1. The van der Waals surface area contributed by atoms with Crippen molar-refractivity contribution in [1.29, 1.82) is 0 Å². The lowest BCUT2D eigenvalue weighted by Gasteiger charge is -2.19. The number of aromatic nitrogens is 1. The topological polar surface area (TPSA) is 288 Å². The molecule has 4 atom stereocenters. The number of rotatable bonds is 1. The molecule has 11 N–H and O–H groups in total. The summed E-state index contributed by atoms with van der Waals surface area (Å²) in [5.41, 5.74) is 0. The second-order valence-corrected chi connectivity index (χ2v) is 10.4. The molecule has 0 amide bonds. The van der Waals surface area contributed by atoms with Gasteiger partial charge in [-0.3, -0.25) is 0 Å². The third-order valence-corrected chi connectivity index (χ3v) is 4.31. The summed E-state index contributed by atoms with van der Waals surface area (Å²) in [6, 6.07) is 7.36. The molecule has 2 aromatic rings. The average Bonchev–Trinajstić information content (AvgIpc) is 2.86. The first-order valence-electron chi connectivity index (χ1n) is 8.66. The number of halogens is 1. The molecule has 0 radical (unpaired) electrons. The van der Waals surface area contributed by atoms with Crippen LogP contribution in [0.15, 0.2) is 30.5 Å². The Kier molecular flexibility index (Phi) is 13.5. The number of ether oxygens (including phenoxy) is 1. The molecule has 21 heteroatoms. The van der Waals surface area contributed by atoms with Crippen LogP contribution >= 0.6 is 47.3 Å². The SMILES string of the molecule is CC1OC(n2ccc3ccc(Cl)cc3c2=S)C(O)C1O.O=P(O)(O)O.O=P(O)(O)O.O=P(O)(O)O. The van der Waals surface area contributed by atoms with Gasteiger partial charge >= 0.3 is 23.5 Å². The molecular formula is C14H23ClNO15P3S. The molecular weight excluding hydrogens is 583 g/mol. The highest BCUT2D eigenvalue weighted by atomic mass is 35.5. The van der Waals surface area contributed by atoms with E-state index in [1.807, 2.05) is 12.1 Å². The van der Waals surface area contributed by atoms with Crippen LogP contribution in [0.2, 0.25) is 5.02 Å². The third kappa shape index (κ3) is 15.9. The van der Waals surface area contributed by atoms with Crippen LogP contribution in [-0.4, -0.2) is 77.1 Å². The van der Waals surface area contributed by atoms with Crippen LogP contribution in [0.3, 0.4) is 0 Å². The van der Waals surface area contributed by atoms with Gasteiger partial charge in [0.2, 0.25) is 0 Å². The van der Waals surface area contributed by atoms with E-state index in [9.17, 15) is 10.2 Å². The predicted octanol–water partition coefficient (Wildman–Crippen LogP) is -0.123. The summed E-state index contributed by atoms with van der Waals surface area (Å²) in [6.07, 6.45) is -1.29. The van der Waals surface area contributed by atoms with Gasteiger partial charge in [0.25, 0.3) is 0 Å². The van der Waals surface area contributed by atoms with Crippen LogP contribution < -0.4 is 0 Å². The zero-order valence-electron chi connectivity index (χ0n) is 17.3. The Morgan fingerprint density at radius 2 is 1.29 bits per heavy atom. The minimum absolute atomic E-state index is 0.438. The van der Waals surface area contributed by atoms with Gasteiger partial charge in [-0.1, -0.05) is 29.9 Å². The van der Waals surface area contributed by atoms with E-state index in [1.54, 1.807) is 29.8 Å². The second kappa shape index (κ2) is 13.8. The van der Waals surface area contributed by atoms with Gasteiger partial charge < -0.3 is 63.6 Å². The summed E-state index contributed by atoms with van der Waals surface area (Å²) in [5.74, 6) is 0. The number of hydrogen-bond acceptors (Lipinski definition) is 7. The standard InChI is InChI=1S/C14H14ClNO3S.3H3O4P/c1-7-11(17)12(18)13(19-7)16-5-4-8-2-3-9(15)6-10(8)14(16)20;3*1-5(2,3)4/h2-7,11-13,17-18H,1H3;3*(H3,1,2,3,4). The van der Waals surface area contributed by atoms with Gasteiger partial charge in [0.05, 0.1) is 6.10 Å². The van der Waals surface area contributed by atoms with Gasteiger partial charge in [-0.25, -0.2) is 13.7 Å². The van der Waals surface area contributed by atoms with Gasteiger partial charge in [0.1, 0.15) is 16.8 Å². The van der Waals surface area contributed by atoms with Crippen molar-refractivity contribution >= 4 is 58.1 Å². The van der Waals surface area contributed by atoms with Gasteiger partial charge in [0, 0.05) is 16.6 Å². The molecule has 35 heavy (non-hydrogen) atoms. The van der Waals surface area contributed by atoms with Crippen LogP contribution in [0, 0.1) is 4.64 Å². The first kappa shape index (κ1) is 34.4. The van der Waals surface area contributed by atoms with Gasteiger partial charge in [-0.2, -0.15) is 0 Å². The summed E-state index contributed by atoms with van der Waals surface area (Å²) in [4.78, 5) is 64.7. The summed E-state index contributed by atoms with van der Waals surface area (Å²) >= 11 is 11.5. The Morgan fingerprint density at radius 1 is 0.857 bits per heavy atom. The Morgan fingerprint density at radius 3 is 1.66 bits per heavy atom. The van der Waals surface area contributed by atoms with Crippen LogP contribution in [-0.2, 0) is 18.4 Å². The summed E-state index contributed by atoms with van der Waals surface area (Å²) in [6.45, 7) is 1.72. The van der Waals surface area contributed by atoms with Crippen LogP contribution in [0.4, 0.5) is 0 Å². The average molecular weight is 606 g/mol. The minimum Gasteiger partial charge on any atom is -0.388 e. The van der Waals surface area contributed by atoms with Crippen LogP contribution in [0.25, 0.3) is 10.8 Å². The smallest absolute Gasteiger partial charge is 0.388 e. The normalized spacial score (nSPS) is 22.2. The Labute approximate surface area is 207 Å². The quantitative estimate of drug-likeness (QED) is 0.149. The van der Waals surface area contributed by atoms with Crippen molar-refractivity contribution in [3.8, 4) is 0 Å². The van der Waals surface area contributed by atoms with E-state index in [2.05, 4.69) is 0 Å². The summed E-state index contributed by atoms with van der Waals surface area (Å²) < 4.78 is 34.4. The lowest BCUT2D eigenvalue weighted by atomic mass is 10.1. The third-order valence-electron chi connectivity index (χ3n) is 3.65. The van der Waals surface area contributed by atoms with E-state index in [0.29, 0.717) is 9.66 Å². The van der Waals surface area contributed by atoms with Crippen molar-refractivity contribution in [2.75, 3.05) is 0 Å². The molecule has 3 rings (SSSR count). The molecule has 1 fully saturated rings. The number of fused-ring (bicyclic) bond motifs is 1. The Hall–Kier alpha value is -0.650. The summed E-state index contributed by atoms with van der Waals surface area (Å²) in [7, 11) is -13.9. The van der Waals surface area contributed by atoms with Crippen molar-refractivity contribution in [3.63, 3.8) is 0 Å². The zero-order valence-corrected chi connectivity index (χ0v) is 21.6. The molecule has 1 saturated heterocycles. The van der Waals surface area contributed by atoms with E-state index >= 15 is 0 Å². The highest BCUT2D eigenvalue weighted by molar-refractivity contribution is 7.71. The fourth-order valence-electron chi connectivity index (χ4n) is 2.48. The molecule has 0 saturated carbocycles. The maximum atomic E-state index is 10.1. The van der Waals surface area contributed by atoms with Crippen LogP contribution in [0.1, 0.15) is 13.2 Å². The van der Waals surface area contributed by atoms with E-state index < -0.39 is 48.0 Å². The molecule has 0 bridgehead atoms. The number of aliphatic hydroxyl groups is 2. The molecule has 4 unspecified atom stereocenters. The first-order chi connectivity index (χ1) is 15.5. The van der Waals surface area contributed by atoms with E-state index in [-0.39, 0.29) is 0 Å². The Balaban J connectivity index is 0.000000635. The van der Waals surface area contributed by atoms with E-state index in [4.69, 9.17) is 86.3 Å². The summed E-state index contributed by atoms with van der Waals surface area (Å²) in [5, 5.41) is 22.3. The molecule has 1 aromatic heterocycles. The minimum atomic E-state index is -4.64. The van der Waals surface area contributed by atoms with Crippen LogP contribution in [0.5, 0.6) is 0 Å². The number of nitrogens with zero attached hydrogens (tertiary/aromatic N) is 1. The van der Waals surface area contributed by atoms with Crippen molar-refractivity contribution in [1.82, 2.24) is 4.57 Å². The molecule has 1 aliphatic rings. The maximum absolute atomic E-state index is 10.1. The maximum Gasteiger partial charge on any atom is 0.466 e. The Bertz CT molecular complexity index is 1100. The second-order valence-electron chi connectivity index (χ2n) is 6.51. The van der Waals surface area contributed by atoms with Gasteiger partial charge in [-0.15, -0.1) is 0 Å². The van der Waals surface area contributed by atoms with Crippen molar-refractivity contribution in [2.24, 2.45) is 0 Å². The highest BCUT2D eigenvalue weighted by Gasteiger charge is 2.41. The molecule has 202 valence electrons. The number of phosphoric acid groups is 3. The predicted molar refractivity (Wildman–Crippen MR) is 122 cm³/mol. The number of benzene rings is 1. The van der Waals surface area contributed by atoms with Crippen molar-refractivity contribution < 1.29 is 72.7 Å². The van der Waals surface area contributed by atoms with E-state index in [0.717, 1.165) is 10.8 Å². The first-order valence-corrected chi connectivity index (χ1v) is 14.1. The molecule has 2 heterocycles. The van der Waals surface area contributed by atoms with Crippen molar-refractivity contribution in [3.05, 3.63) is 40.1 Å². The lowest BCUT2D eigenvalue weighted by Crippen LogP contribution is -2.30. The molecule has 1 aromatic carbocycles. The number of aliphatic hydroxyl groups excluding tert-OH is 2. The molecule has 0 aliphatic carbocycles. The van der Waals surface area contributed by atoms with Crippen molar-refractivity contribution in [2.45, 2.75) is 31.5 Å². The van der Waals surface area contributed by atoms with E-state index in [1.165, 1.54) is 0 Å². The lowest BCUT2D eigenvalue weighted by molar-refractivity contribution is -0.0329. The monoisotopic (exact) mass is 605 g/mol. The molecule has 16 nitrogen and oxygen atoms in total. The zero-order chi connectivity index (χ0) is 27.9.